The van der Waals surface area contributed by atoms with Crippen LogP contribution in [0.1, 0.15) is 11.1 Å². The first-order chi connectivity index (χ1) is 10.2. The van der Waals surface area contributed by atoms with Crippen LogP contribution in [-0.2, 0) is 5.60 Å². The number of benzene rings is 1. The van der Waals surface area contributed by atoms with Gasteiger partial charge in [0.1, 0.15) is 5.75 Å². The van der Waals surface area contributed by atoms with Crippen molar-refractivity contribution < 1.29 is 31.8 Å². The van der Waals surface area contributed by atoms with Gasteiger partial charge in [-0.3, -0.25) is 0 Å². The summed E-state index contributed by atoms with van der Waals surface area (Å²) in [6.45, 7) is 0. The maximum Gasteiger partial charge on any atom is 0.457 e. The Hall–Kier alpha value is -1.67. The molecule has 0 bridgehead atoms. The first kappa shape index (κ1) is 16.7. The van der Waals surface area contributed by atoms with Gasteiger partial charge in [-0.1, -0.05) is 18.2 Å². The van der Waals surface area contributed by atoms with Crippen LogP contribution in [0.4, 0.5) is 22.0 Å². The summed E-state index contributed by atoms with van der Waals surface area (Å²) in [5.41, 5.74) is -4.79. The average Bonchev–Trinajstić information content (AvgIpc) is 2.99. The first-order valence-electron chi connectivity index (χ1n) is 5.99. The highest BCUT2D eigenvalue weighted by atomic mass is 32.1. The van der Waals surface area contributed by atoms with Gasteiger partial charge >= 0.3 is 12.1 Å². The summed E-state index contributed by atoms with van der Waals surface area (Å²) in [5.74, 6) is -5.67. The van der Waals surface area contributed by atoms with Crippen molar-refractivity contribution in [3.63, 3.8) is 0 Å². The van der Waals surface area contributed by atoms with Gasteiger partial charge in [0.25, 0.3) is 0 Å². The molecule has 0 fully saturated rings. The normalized spacial score (nSPS) is 15.4. The molecule has 1 aromatic carbocycles. The number of aliphatic hydroxyl groups is 1. The van der Waals surface area contributed by atoms with Crippen LogP contribution in [0.25, 0.3) is 0 Å². The van der Waals surface area contributed by atoms with Crippen LogP contribution < -0.4 is 4.74 Å². The SMILES string of the molecule is COc1ccccc1C(O)(c1ccsc1)C(F)(F)C(F)(F)F. The van der Waals surface area contributed by atoms with Gasteiger partial charge < -0.3 is 9.84 Å². The first-order valence-corrected chi connectivity index (χ1v) is 6.93. The molecule has 1 unspecified atom stereocenters. The van der Waals surface area contributed by atoms with Crippen molar-refractivity contribution in [3.05, 3.63) is 52.2 Å². The van der Waals surface area contributed by atoms with E-state index >= 15 is 0 Å². The van der Waals surface area contributed by atoms with E-state index < -0.39 is 28.8 Å². The third-order valence-corrected chi connectivity index (χ3v) is 3.93. The van der Waals surface area contributed by atoms with Crippen LogP contribution in [0, 0.1) is 0 Å². The van der Waals surface area contributed by atoms with Crippen LogP contribution in [0.5, 0.6) is 5.75 Å². The summed E-state index contributed by atoms with van der Waals surface area (Å²) < 4.78 is 71.8. The van der Waals surface area contributed by atoms with Gasteiger partial charge in [0, 0.05) is 11.1 Å². The fraction of sp³-hybridized carbons (Fsp3) is 0.286. The number of halogens is 5. The van der Waals surface area contributed by atoms with Crippen LogP contribution in [-0.4, -0.2) is 24.3 Å². The molecule has 2 nitrogen and oxygen atoms in total. The minimum absolute atomic E-state index is 0.264. The zero-order valence-corrected chi connectivity index (χ0v) is 12.0. The molecule has 0 spiro atoms. The Morgan fingerprint density at radius 3 is 2.18 bits per heavy atom. The smallest absolute Gasteiger partial charge is 0.457 e. The number of hydrogen-bond acceptors (Lipinski definition) is 3. The topological polar surface area (TPSA) is 29.5 Å². The third-order valence-electron chi connectivity index (χ3n) is 3.25. The minimum atomic E-state index is -5.94. The Balaban J connectivity index is 2.78. The molecule has 1 heterocycles. The largest absolute Gasteiger partial charge is 0.496 e. The Bertz CT molecular complexity index is 639. The lowest BCUT2D eigenvalue weighted by atomic mass is 9.81. The Labute approximate surface area is 126 Å². The van der Waals surface area contributed by atoms with Gasteiger partial charge in [0.2, 0.25) is 0 Å². The van der Waals surface area contributed by atoms with E-state index in [0.29, 0.717) is 0 Å². The Morgan fingerprint density at radius 1 is 1.05 bits per heavy atom. The molecule has 1 N–H and O–H groups in total. The van der Waals surface area contributed by atoms with Crippen molar-refractivity contribution in [2.45, 2.75) is 17.7 Å². The lowest BCUT2D eigenvalue weighted by Crippen LogP contribution is -2.55. The molecule has 0 saturated carbocycles. The highest BCUT2D eigenvalue weighted by molar-refractivity contribution is 7.08. The summed E-state index contributed by atoms with van der Waals surface area (Å²) in [6, 6.07) is 5.87. The van der Waals surface area contributed by atoms with Crippen LogP contribution >= 0.6 is 11.3 Å². The molecule has 0 aliphatic rings. The van der Waals surface area contributed by atoms with E-state index in [2.05, 4.69) is 0 Å². The molecule has 22 heavy (non-hydrogen) atoms. The maximum atomic E-state index is 14.1. The quantitative estimate of drug-likeness (QED) is 0.847. The van der Waals surface area contributed by atoms with Crippen LogP contribution in [0.2, 0.25) is 0 Å². The van der Waals surface area contributed by atoms with E-state index in [4.69, 9.17) is 4.74 Å². The maximum absolute atomic E-state index is 14.1. The van der Waals surface area contributed by atoms with Gasteiger partial charge in [-0.2, -0.15) is 33.3 Å². The second kappa shape index (κ2) is 5.51. The number of para-hydroxylation sites is 1. The molecular weight excluding hydrogens is 327 g/mol. The standard InChI is InChI=1S/C14H11F5O2S/c1-21-11-5-3-2-4-10(11)12(20,9-6-7-22-8-9)13(15,16)14(17,18)19/h2-8,20H,1H3. The van der Waals surface area contributed by atoms with Gasteiger partial charge in [-0.05, 0) is 22.9 Å². The fourth-order valence-electron chi connectivity index (χ4n) is 2.12. The predicted octanol–water partition coefficient (Wildman–Crippen LogP) is 4.19. The van der Waals surface area contributed by atoms with Crippen LogP contribution in [0.3, 0.4) is 0 Å². The fourth-order valence-corrected chi connectivity index (χ4v) is 2.82. The summed E-state index contributed by atoms with van der Waals surface area (Å²) in [4.78, 5) is 0. The van der Waals surface area contributed by atoms with Crippen molar-refractivity contribution in [3.8, 4) is 5.75 Å². The predicted molar refractivity (Wildman–Crippen MR) is 71.3 cm³/mol. The van der Waals surface area contributed by atoms with Crippen molar-refractivity contribution in [1.29, 1.82) is 0 Å². The van der Waals surface area contributed by atoms with Crippen molar-refractivity contribution in [1.82, 2.24) is 0 Å². The highest BCUT2D eigenvalue weighted by Gasteiger charge is 2.71. The molecule has 8 heteroatoms. The molecular formula is C14H11F5O2S. The zero-order valence-electron chi connectivity index (χ0n) is 11.2. The van der Waals surface area contributed by atoms with Gasteiger partial charge in [-0.25, -0.2) is 0 Å². The number of rotatable bonds is 4. The Kier molecular flexibility index (Phi) is 4.18. The zero-order chi connectivity index (χ0) is 16.6. The molecule has 1 aromatic heterocycles. The van der Waals surface area contributed by atoms with E-state index in [9.17, 15) is 27.1 Å². The third kappa shape index (κ3) is 2.36. The molecule has 0 aliphatic carbocycles. The number of ether oxygens (including phenoxy) is 1. The number of methoxy groups -OCH3 is 1. The lowest BCUT2D eigenvalue weighted by molar-refractivity contribution is -0.336. The van der Waals surface area contributed by atoms with Gasteiger partial charge in [0.15, 0.2) is 5.60 Å². The molecule has 2 rings (SSSR count). The van der Waals surface area contributed by atoms with Crippen molar-refractivity contribution in [2.75, 3.05) is 7.11 Å². The molecule has 0 radical (unpaired) electrons. The van der Waals surface area contributed by atoms with Crippen molar-refractivity contribution >= 4 is 11.3 Å². The van der Waals surface area contributed by atoms with E-state index in [1.807, 2.05) is 0 Å². The molecule has 120 valence electrons. The van der Waals surface area contributed by atoms with Gasteiger partial charge in [-0.15, -0.1) is 0 Å². The lowest BCUT2D eigenvalue weighted by Gasteiger charge is -2.37. The van der Waals surface area contributed by atoms with E-state index in [-0.39, 0.29) is 5.75 Å². The highest BCUT2D eigenvalue weighted by Crippen LogP contribution is 2.53. The monoisotopic (exact) mass is 338 g/mol. The number of alkyl halides is 5. The molecule has 2 aromatic rings. The van der Waals surface area contributed by atoms with Crippen LogP contribution in [0.15, 0.2) is 41.1 Å². The number of thiophene rings is 1. The average molecular weight is 338 g/mol. The van der Waals surface area contributed by atoms with E-state index in [1.165, 1.54) is 23.6 Å². The molecule has 0 aliphatic heterocycles. The summed E-state index contributed by atoms with van der Waals surface area (Å²) in [5, 5.41) is 12.8. The second-order valence-electron chi connectivity index (χ2n) is 4.49. The van der Waals surface area contributed by atoms with Gasteiger partial charge in [0.05, 0.1) is 7.11 Å². The summed E-state index contributed by atoms with van der Waals surface area (Å²) in [7, 11) is 1.12. The van der Waals surface area contributed by atoms with E-state index in [1.54, 1.807) is 0 Å². The second-order valence-corrected chi connectivity index (χ2v) is 5.27. The summed E-state index contributed by atoms with van der Waals surface area (Å²) >= 11 is 0.900. The van der Waals surface area contributed by atoms with Crippen molar-refractivity contribution in [2.24, 2.45) is 0 Å². The Morgan fingerprint density at radius 2 is 1.68 bits per heavy atom. The minimum Gasteiger partial charge on any atom is -0.496 e. The number of hydrogen-bond donors (Lipinski definition) is 1. The van der Waals surface area contributed by atoms with E-state index in [0.717, 1.165) is 36.0 Å². The molecule has 1 atom stereocenters. The summed E-state index contributed by atoms with van der Waals surface area (Å²) in [6.07, 6.45) is -5.94. The molecule has 0 amide bonds. The molecule has 0 saturated heterocycles.